The molecule has 1 atom stereocenters. The van der Waals surface area contributed by atoms with Gasteiger partial charge in [0.1, 0.15) is 5.82 Å². The molecule has 0 aliphatic heterocycles. The minimum atomic E-state index is -4.33. The zero-order valence-corrected chi connectivity index (χ0v) is 12.7. The fourth-order valence-corrected chi connectivity index (χ4v) is 2.16. The number of allylic oxidation sites excluding steroid dienone is 1. The third kappa shape index (κ3) is 4.00. The summed E-state index contributed by atoms with van der Waals surface area (Å²) in [4.78, 5) is 7.93. The molecule has 0 saturated heterocycles. The maximum absolute atomic E-state index is 12.6. The minimum Gasteiger partial charge on any atom is -0.383 e. The molecule has 4 N–H and O–H groups in total. The second kappa shape index (κ2) is 6.28. The maximum atomic E-state index is 12.6. The number of aryl methyl sites for hydroxylation is 1. The van der Waals surface area contributed by atoms with Crippen molar-refractivity contribution in [3.63, 3.8) is 0 Å². The van der Waals surface area contributed by atoms with Crippen LogP contribution < -0.4 is 11.5 Å². The predicted octanol–water partition coefficient (Wildman–Crippen LogP) is 3.79. The first-order valence-electron chi connectivity index (χ1n) is 6.93. The fourth-order valence-electron chi connectivity index (χ4n) is 2.16. The van der Waals surface area contributed by atoms with Crippen LogP contribution in [0.5, 0.6) is 0 Å². The number of nitrogens with two attached hydrogens (primary N) is 2. The highest BCUT2D eigenvalue weighted by Crippen LogP contribution is 2.30. The standard InChI is InChI=1S/C16H17F3N4/c1-9(11-4-6-12(7-5-11)16(17,18)19)3-8-13-10(2)22-15(21)23-14(13)20/h3-9H,1-2H3,(H4,20,21,22,23)/b8-3+/t9-/m0/s1. The van der Waals surface area contributed by atoms with Crippen LogP contribution in [0.2, 0.25) is 0 Å². The van der Waals surface area contributed by atoms with Gasteiger partial charge in [-0.05, 0) is 30.5 Å². The quantitative estimate of drug-likeness (QED) is 0.901. The molecule has 0 spiro atoms. The molecular weight excluding hydrogens is 305 g/mol. The molecule has 2 aromatic rings. The lowest BCUT2D eigenvalue weighted by Gasteiger charge is -2.11. The summed E-state index contributed by atoms with van der Waals surface area (Å²) in [6, 6.07) is 5.08. The van der Waals surface area contributed by atoms with E-state index >= 15 is 0 Å². The first kappa shape index (κ1) is 16.8. The number of benzene rings is 1. The molecule has 1 aromatic carbocycles. The van der Waals surface area contributed by atoms with Crippen LogP contribution in [0.4, 0.5) is 24.9 Å². The number of nitrogens with zero attached hydrogens (tertiary/aromatic N) is 2. The van der Waals surface area contributed by atoms with Crippen molar-refractivity contribution in [2.75, 3.05) is 11.5 Å². The lowest BCUT2D eigenvalue weighted by Crippen LogP contribution is -2.05. The Morgan fingerprint density at radius 1 is 1.09 bits per heavy atom. The van der Waals surface area contributed by atoms with Crippen LogP contribution in [0.3, 0.4) is 0 Å². The Kier molecular flexibility index (Phi) is 4.58. The SMILES string of the molecule is Cc1nc(N)nc(N)c1/C=C/[C@H](C)c1ccc(C(F)(F)F)cc1. The van der Waals surface area contributed by atoms with Crippen molar-refractivity contribution < 1.29 is 13.2 Å². The molecule has 0 saturated carbocycles. The summed E-state index contributed by atoms with van der Waals surface area (Å²) < 4.78 is 37.7. The van der Waals surface area contributed by atoms with Gasteiger partial charge in [-0.3, -0.25) is 0 Å². The van der Waals surface area contributed by atoms with Crippen LogP contribution >= 0.6 is 0 Å². The Labute approximate surface area is 132 Å². The summed E-state index contributed by atoms with van der Waals surface area (Å²) in [6.45, 7) is 3.64. The molecule has 0 bridgehead atoms. The number of hydrogen-bond acceptors (Lipinski definition) is 4. The summed E-state index contributed by atoms with van der Waals surface area (Å²) in [6.07, 6.45) is -0.738. The third-order valence-corrected chi connectivity index (χ3v) is 3.50. The van der Waals surface area contributed by atoms with Crippen molar-refractivity contribution in [3.8, 4) is 0 Å². The third-order valence-electron chi connectivity index (χ3n) is 3.50. The molecule has 1 aromatic heterocycles. The van der Waals surface area contributed by atoms with Crippen molar-refractivity contribution in [3.05, 3.63) is 52.7 Å². The average molecular weight is 322 g/mol. The summed E-state index contributed by atoms with van der Waals surface area (Å²) in [5.74, 6) is 0.285. The van der Waals surface area contributed by atoms with E-state index in [1.54, 1.807) is 13.0 Å². The smallest absolute Gasteiger partial charge is 0.383 e. The van der Waals surface area contributed by atoms with E-state index in [2.05, 4.69) is 9.97 Å². The van der Waals surface area contributed by atoms with E-state index < -0.39 is 11.7 Å². The number of halogens is 3. The van der Waals surface area contributed by atoms with Gasteiger partial charge < -0.3 is 11.5 Å². The van der Waals surface area contributed by atoms with Crippen molar-refractivity contribution in [1.29, 1.82) is 0 Å². The molecule has 1 heterocycles. The van der Waals surface area contributed by atoms with E-state index in [0.29, 0.717) is 11.3 Å². The molecule has 7 heteroatoms. The van der Waals surface area contributed by atoms with Gasteiger partial charge >= 0.3 is 6.18 Å². The number of anilines is 2. The molecule has 0 unspecified atom stereocenters. The van der Waals surface area contributed by atoms with Gasteiger partial charge in [0.05, 0.1) is 11.3 Å². The molecule has 2 rings (SSSR count). The highest BCUT2D eigenvalue weighted by molar-refractivity contribution is 5.64. The zero-order chi connectivity index (χ0) is 17.2. The molecule has 0 radical (unpaired) electrons. The Morgan fingerprint density at radius 2 is 1.70 bits per heavy atom. The summed E-state index contributed by atoms with van der Waals surface area (Å²) in [7, 11) is 0. The molecule has 0 aliphatic carbocycles. The first-order chi connectivity index (χ1) is 10.7. The van der Waals surface area contributed by atoms with Crippen LogP contribution in [-0.4, -0.2) is 9.97 Å². The van der Waals surface area contributed by atoms with Gasteiger partial charge in [0, 0.05) is 5.56 Å². The number of rotatable bonds is 3. The summed E-state index contributed by atoms with van der Waals surface area (Å²) in [5, 5.41) is 0. The molecule has 0 amide bonds. The van der Waals surface area contributed by atoms with Crippen molar-refractivity contribution in [2.45, 2.75) is 25.9 Å². The van der Waals surface area contributed by atoms with Gasteiger partial charge in [-0.2, -0.15) is 18.2 Å². The number of aromatic nitrogens is 2. The van der Waals surface area contributed by atoms with Crippen LogP contribution in [0.15, 0.2) is 30.3 Å². The van der Waals surface area contributed by atoms with Crippen LogP contribution in [-0.2, 0) is 6.18 Å². The van der Waals surface area contributed by atoms with E-state index in [-0.39, 0.29) is 17.7 Å². The zero-order valence-electron chi connectivity index (χ0n) is 12.7. The normalized spacial score (nSPS) is 13.4. The molecule has 4 nitrogen and oxygen atoms in total. The van der Waals surface area contributed by atoms with E-state index in [1.807, 2.05) is 13.0 Å². The molecule has 0 fully saturated rings. The Balaban J connectivity index is 2.20. The van der Waals surface area contributed by atoms with Gasteiger partial charge in [-0.15, -0.1) is 0 Å². The van der Waals surface area contributed by atoms with Crippen molar-refractivity contribution in [1.82, 2.24) is 9.97 Å². The molecule has 122 valence electrons. The lowest BCUT2D eigenvalue weighted by atomic mass is 9.98. The van der Waals surface area contributed by atoms with Gasteiger partial charge in [0.25, 0.3) is 0 Å². The number of nitrogen functional groups attached to an aromatic ring is 2. The Morgan fingerprint density at radius 3 is 2.22 bits per heavy atom. The molecule has 0 aliphatic rings. The van der Waals surface area contributed by atoms with Gasteiger partial charge in [0.2, 0.25) is 5.95 Å². The van der Waals surface area contributed by atoms with Crippen LogP contribution in [0.1, 0.15) is 35.2 Å². The average Bonchev–Trinajstić information content (AvgIpc) is 2.45. The van der Waals surface area contributed by atoms with E-state index in [1.165, 1.54) is 12.1 Å². The fraction of sp³-hybridized carbons (Fsp3) is 0.250. The van der Waals surface area contributed by atoms with Crippen molar-refractivity contribution >= 4 is 17.8 Å². The van der Waals surface area contributed by atoms with Crippen LogP contribution in [0, 0.1) is 6.92 Å². The predicted molar refractivity (Wildman–Crippen MR) is 84.5 cm³/mol. The highest BCUT2D eigenvalue weighted by atomic mass is 19.4. The number of hydrogen-bond donors (Lipinski definition) is 2. The summed E-state index contributed by atoms with van der Waals surface area (Å²) >= 11 is 0. The van der Waals surface area contributed by atoms with E-state index in [0.717, 1.165) is 17.7 Å². The van der Waals surface area contributed by atoms with Crippen molar-refractivity contribution in [2.24, 2.45) is 0 Å². The van der Waals surface area contributed by atoms with Crippen LogP contribution in [0.25, 0.3) is 6.08 Å². The summed E-state index contributed by atoms with van der Waals surface area (Å²) in [5.41, 5.74) is 12.7. The topological polar surface area (TPSA) is 77.8 Å². The van der Waals surface area contributed by atoms with E-state index in [4.69, 9.17) is 11.5 Å². The Bertz CT molecular complexity index is 698. The van der Waals surface area contributed by atoms with Gasteiger partial charge in [-0.1, -0.05) is 31.2 Å². The number of alkyl halides is 3. The highest BCUT2D eigenvalue weighted by Gasteiger charge is 2.30. The molecular formula is C16H17F3N4. The second-order valence-corrected chi connectivity index (χ2v) is 5.23. The monoisotopic (exact) mass is 322 g/mol. The Hall–Kier alpha value is -2.57. The molecule has 23 heavy (non-hydrogen) atoms. The second-order valence-electron chi connectivity index (χ2n) is 5.23. The lowest BCUT2D eigenvalue weighted by molar-refractivity contribution is -0.137. The minimum absolute atomic E-state index is 0.0892. The van der Waals surface area contributed by atoms with E-state index in [9.17, 15) is 13.2 Å². The largest absolute Gasteiger partial charge is 0.416 e. The first-order valence-corrected chi connectivity index (χ1v) is 6.93. The maximum Gasteiger partial charge on any atom is 0.416 e. The van der Waals surface area contributed by atoms with Gasteiger partial charge in [-0.25, -0.2) is 4.98 Å². The van der Waals surface area contributed by atoms with Gasteiger partial charge in [0.15, 0.2) is 0 Å².